The lowest BCUT2D eigenvalue weighted by Crippen LogP contribution is -2.30. The summed E-state index contributed by atoms with van der Waals surface area (Å²) in [5.41, 5.74) is 2.08. The molecule has 8 nitrogen and oxygen atoms in total. The van der Waals surface area contributed by atoms with Crippen molar-refractivity contribution in [3.8, 4) is 0 Å². The summed E-state index contributed by atoms with van der Waals surface area (Å²) in [6.07, 6.45) is 7.35. The Hall–Kier alpha value is -3.29. The number of pyridine rings is 2. The topological polar surface area (TPSA) is 102 Å². The summed E-state index contributed by atoms with van der Waals surface area (Å²) in [5, 5.41) is 6.85. The zero-order chi connectivity index (χ0) is 20.5. The van der Waals surface area contributed by atoms with Crippen LogP contribution in [0.4, 0.5) is 17.5 Å². The molecule has 0 aromatic carbocycles. The highest BCUT2D eigenvalue weighted by Gasteiger charge is 2.25. The normalized spacial score (nSPS) is 14.3. The number of nitrogens with zero attached hydrogens (tertiary/aromatic N) is 4. The number of hydrogen-bond acceptors (Lipinski definition) is 7. The number of aryl methyl sites for hydroxylation is 1. The lowest BCUT2D eigenvalue weighted by Gasteiger charge is -2.19. The Morgan fingerprint density at radius 2 is 1.93 bits per heavy atom. The standard InChI is InChI=1S/C21H24N6O2/c1-12-16-11-24-21(25-17-9-8-14(22-3)10-23-17)26-19(16)27(15-6-4-5-7-15)20(29)18(12)13(2)28/h8-11,15,22H,4-7H2,1-3H3,(H,23,24,25,26). The molecule has 0 amide bonds. The highest BCUT2D eigenvalue weighted by molar-refractivity contribution is 5.99. The number of ketones is 1. The summed E-state index contributed by atoms with van der Waals surface area (Å²) >= 11 is 0. The summed E-state index contributed by atoms with van der Waals surface area (Å²) in [6, 6.07) is 3.78. The van der Waals surface area contributed by atoms with Crippen LogP contribution in [0.1, 0.15) is 54.6 Å². The number of rotatable bonds is 5. The van der Waals surface area contributed by atoms with E-state index in [9.17, 15) is 9.59 Å². The lowest BCUT2D eigenvalue weighted by atomic mass is 10.0. The minimum atomic E-state index is -0.254. The van der Waals surface area contributed by atoms with E-state index in [0.29, 0.717) is 23.0 Å². The molecule has 1 aliphatic rings. The van der Waals surface area contributed by atoms with Crippen LogP contribution in [0.15, 0.2) is 29.3 Å². The molecule has 0 bridgehead atoms. The monoisotopic (exact) mass is 392 g/mol. The van der Waals surface area contributed by atoms with Crippen LogP contribution in [0.5, 0.6) is 0 Å². The molecule has 2 N–H and O–H groups in total. The Morgan fingerprint density at radius 1 is 1.17 bits per heavy atom. The van der Waals surface area contributed by atoms with Gasteiger partial charge >= 0.3 is 0 Å². The maximum absolute atomic E-state index is 13.2. The van der Waals surface area contributed by atoms with Crippen molar-refractivity contribution >= 4 is 34.3 Å². The first-order valence-electron chi connectivity index (χ1n) is 9.83. The van der Waals surface area contributed by atoms with Crippen LogP contribution >= 0.6 is 0 Å². The quantitative estimate of drug-likeness (QED) is 0.640. The fourth-order valence-corrected chi connectivity index (χ4v) is 4.04. The third-order valence-corrected chi connectivity index (χ3v) is 5.54. The van der Waals surface area contributed by atoms with E-state index in [1.54, 1.807) is 23.9 Å². The van der Waals surface area contributed by atoms with Crippen molar-refractivity contribution in [2.75, 3.05) is 17.7 Å². The molecule has 1 fully saturated rings. The van der Waals surface area contributed by atoms with Crippen molar-refractivity contribution in [2.24, 2.45) is 0 Å². The molecule has 8 heteroatoms. The molecule has 29 heavy (non-hydrogen) atoms. The van der Waals surface area contributed by atoms with Crippen LogP contribution in [0, 0.1) is 6.92 Å². The van der Waals surface area contributed by atoms with Crippen molar-refractivity contribution in [3.05, 3.63) is 46.0 Å². The molecule has 0 radical (unpaired) electrons. The second-order valence-electron chi connectivity index (χ2n) is 7.41. The molecule has 1 aliphatic carbocycles. The van der Waals surface area contributed by atoms with Gasteiger partial charge in [0.1, 0.15) is 11.5 Å². The molecular formula is C21H24N6O2. The number of hydrogen-bond donors (Lipinski definition) is 2. The fourth-order valence-electron chi connectivity index (χ4n) is 4.04. The molecule has 3 aromatic rings. The van der Waals surface area contributed by atoms with Crippen LogP contribution in [-0.4, -0.2) is 32.3 Å². The highest BCUT2D eigenvalue weighted by Crippen LogP contribution is 2.32. The molecule has 150 valence electrons. The van der Waals surface area contributed by atoms with Crippen molar-refractivity contribution < 1.29 is 4.79 Å². The van der Waals surface area contributed by atoms with Crippen LogP contribution < -0.4 is 16.2 Å². The summed E-state index contributed by atoms with van der Waals surface area (Å²) in [5.74, 6) is 0.746. The van der Waals surface area contributed by atoms with E-state index < -0.39 is 0 Å². The van der Waals surface area contributed by atoms with E-state index >= 15 is 0 Å². The second kappa shape index (κ2) is 7.62. The average molecular weight is 392 g/mol. The maximum atomic E-state index is 13.2. The van der Waals surface area contributed by atoms with E-state index in [0.717, 1.165) is 36.8 Å². The van der Waals surface area contributed by atoms with Gasteiger partial charge in [-0.25, -0.2) is 9.97 Å². The Kier molecular flexibility index (Phi) is 5.00. The maximum Gasteiger partial charge on any atom is 0.263 e. The molecule has 1 saturated carbocycles. The summed E-state index contributed by atoms with van der Waals surface area (Å²) in [4.78, 5) is 38.8. The van der Waals surface area contributed by atoms with Gasteiger partial charge in [0, 0.05) is 24.7 Å². The summed E-state index contributed by atoms with van der Waals surface area (Å²) in [7, 11) is 1.83. The van der Waals surface area contributed by atoms with Gasteiger partial charge in [0.15, 0.2) is 5.78 Å². The molecule has 3 aromatic heterocycles. The van der Waals surface area contributed by atoms with Crippen molar-refractivity contribution in [1.82, 2.24) is 19.5 Å². The molecule has 0 aliphatic heterocycles. The van der Waals surface area contributed by atoms with Crippen LogP contribution in [0.3, 0.4) is 0 Å². The SMILES string of the molecule is CNc1ccc(Nc2ncc3c(C)c(C(C)=O)c(=O)n(C4CCCC4)c3n2)nc1. The largest absolute Gasteiger partial charge is 0.387 e. The van der Waals surface area contributed by atoms with Crippen LogP contribution in [-0.2, 0) is 0 Å². The Bertz CT molecular complexity index is 1130. The van der Waals surface area contributed by atoms with E-state index in [-0.39, 0.29) is 22.9 Å². The molecule has 0 atom stereocenters. The molecule has 4 rings (SSSR count). The minimum absolute atomic E-state index is 0.0551. The van der Waals surface area contributed by atoms with Gasteiger partial charge in [-0.1, -0.05) is 12.8 Å². The summed E-state index contributed by atoms with van der Waals surface area (Å²) < 4.78 is 1.70. The third-order valence-electron chi connectivity index (χ3n) is 5.54. The number of aromatic nitrogens is 4. The fraction of sp³-hybridized carbons (Fsp3) is 0.381. The van der Waals surface area contributed by atoms with Crippen LogP contribution in [0.25, 0.3) is 11.0 Å². The van der Waals surface area contributed by atoms with Crippen LogP contribution in [0.2, 0.25) is 0 Å². The first kappa shape index (κ1) is 19.0. The minimum Gasteiger partial charge on any atom is -0.387 e. The molecular weight excluding hydrogens is 368 g/mol. The van der Waals surface area contributed by atoms with E-state index in [1.807, 2.05) is 19.2 Å². The van der Waals surface area contributed by atoms with Crippen molar-refractivity contribution in [3.63, 3.8) is 0 Å². The number of anilines is 3. The van der Waals surface area contributed by atoms with Gasteiger partial charge in [-0.15, -0.1) is 0 Å². The van der Waals surface area contributed by atoms with Gasteiger partial charge in [0.25, 0.3) is 5.56 Å². The van der Waals surface area contributed by atoms with Crippen molar-refractivity contribution in [1.29, 1.82) is 0 Å². The van der Waals surface area contributed by atoms with Gasteiger partial charge < -0.3 is 10.6 Å². The van der Waals surface area contributed by atoms with Crippen molar-refractivity contribution in [2.45, 2.75) is 45.6 Å². The molecule has 0 saturated heterocycles. The molecule has 0 spiro atoms. The summed E-state index contributed by atoms with van der Waals surface area (Å²) in [6.45, 7) is 3.22. The van der Waals surface area contributed by atoms with E-state index in [4.69, 9.17) is 0 Å². The number of nitrogens with one attached hydrogen (secondary N) is 2. The highest BCUT2D eigenvalue weighted by atomic mass is 16.1. The zero-order valence-corrected chi connectivity index (χ0v) is 16.8. The van der Waals surface area contributed by atoms with Gasteiger partial charge in [0.05, 0.1) is 17.4 Å². The lowest BCUT2D eigenvalue weighted by molar-refractivity contribution is 0.101. The number of Topliss-reactive ketones (excluding diaryl/α,β-unsaturated/α-hetero) is 1. The predicted octanol–water partition coefficient (Wildman–Crippen LogP) is 3.60. The van der Waals surface area contributed by atoms with Gasteiger partial charge in [0.2, 0.25) is 5.95 Å². The average Bonchev–Trinajstić information content (AvgIpc) is 3.22. The Morgan fingerprint density at radius 3 is 2.55 bits per heavy atom. The van der Waals surface area contributed by atoms with E-state index in [2.05, 4.69) is 25.6 Å². The van der Waals surface area contributed by atoms with Gasteiger partial charge in [-0.2, -0.15) is 4.98 Å². The zero-order valence-electron chi connectivity index (χ0n) is 16.8. The molecule has 0 unspecified atom stereocenters. The molecule has 3 heterocycles. The number of fused-ring (bicyclic) bond motifs is 1. The van der Waals surface area contributed by atoms with Gasteiger partial charge in [-0.3, -0.25) is 14.2 Å². The first-order chi connectivity index (χ1) is 14.0. The second-order valence-corrected chi connectivity index (χ2v) is 7.41. The first-order valence-corrected chi connectivity index (χ1v) is 9.83. The Balaban J connectivity index is 1.85. The smallest absolute Gasteiger partial charge is 0.263 e. The number of carbonyl (C=O) groups excluding carboxylic acids is 1. The third kappa shape index (κ3) is 3.46. The Labute approximate surface area is 168 Å². The van der Waals surface area contributed by atoms with E-state index in [1.165, 1.54) is 6.92 Å². The van der Waals surface area contributed by atoms with Gasteiger partial charge in [-0.05, 0) is 44.4 Å². The number of carbonyl (C=O) groups is 1. The predicted molar refractivity (Wildman–Crippen MR) is 113 cm³/mol.